The average Bonchev–Trinajstić information content (AvgIpc) is 2.69. The van der Waals surface area contributed by atoms with Gasteiger partial charge in [0, 0.05) is 32.3 Å². The van der Waals surface area contributed by atoms with Crippen LogP contribution in [0.25, 0.3) is 0 Å². The summed E-state index contributed by atoms with van der Waals surface area (Å²) in [7, 11) is 1.84. The molecule has 1 aromatic heterocycles. The fourth-order valence-corrected chi connectivity index (χ4v) is 3.05. The first-order chi connectivity index (χ1) is 9.90. The molecule has 21 heavy (non-hydrogen) atoms. The minimum absolute atomic E-state index is 0.0260. The lowest BCUT2D eigenvalue weighted by Gasteiger charge is -2.32. The largest absolute Gasteiger partial charge is 0.481 e. The predicted octanol–water partition coefficient (Wildman–Crippen LogP) is 1.75. The molecule has 0 spiro atoms. The number of likely N-dealkylation sites (tertiary alicyclic amines) is 1. The normalized spacial score (nSPS) is 18.8. The van der Waals surface area contributed by atoms with Crippen LogP contribution < -0.4 is 0 Å². The summed E-state index contributed by atoms with van der Waals surface area (Å²) in [5, 5.41) is 13.1. The van der Waals surface area contributed by atoms with Crippen molar-refractivity contribution in [3.8, 4) is 0 Å². The zero-order valence-corrected chi connectivity index (χ0v) is 12.9. The molecule has 1 unspecified atom stereocenters. The predicted molar refractivity (Wildman–Crippen MR) is 78.2 cm³/mol. The van der Waals surface area contributed by atoms with Crippen LogP contribution in [0.3, 0.4) is 0 Å². The van der Waals surface area contributed by atoms with E-state index in [1.165, 1.54) is 0 Å². The second-order valence-corrected chi connectivity index (χ2v) is 5.86. The van der Waals surface area contributed by atoms with Crippen LogP contribution in [0.15, 0.2) is 0 Å². The van der Waals surface area contributed by atoms with E-state index < -0.39 is 5.97 Å². The Morgan fingerprint density at radius 3 is 2.67 bits per heavy atom. The van der Waals surface area contributed by atoms with Crippen molar-refractivity contribution in [2.24, 2.45) is 13.0 Å². The lowest BCUT2D eigenvalue weighted by Crippen LogP contribution is -2.40. The second-order valence-electron chi connectivity index (χ2n) is 5.86. The number of hydrogen-bond donors (Lipinski definition) is 1. The molecule has 2 heterocycles. The lowest BCUT2D eigenvalue weighted by atomic mass is 9.93. The van der Waals surface area contributed by atoms with E-state index in [0.717, 1.165) is 30.8 Å². The van der Waals surface area contributed by atoms with E-state index in [2.05, 4.69) is 5.10 Å². The Bertz CT molecular complexity index is 551. The highest BCUT2D eigenvalue weighted by Gasteiger charge is 2.28. The maximum absolute atomic E-state index is 12.7. The van der Waals surface area contributed by atoms with Gasteiger partial charge in [-0.2, -0.15) is 5.10 Å². The van der Waals surface area contributed by atoms with Gasteiger partial charge in [-0.05, 0) is 39.0 Å². The molecule has 6 nitrogen and oxygen atoms in total. The summed E-state index contributed by atoms with van der Waals surface area (Å²) in [6, 6.07) is 0. The number of carboxylic acid groups (broad SMARTS) is 1. The van der Waals surface area contributed by atoms with Crippen molar-refractivity contribution >= 4 is 11.9 Å². The van der Waals surface area contributed by atoms with Crippen molar-refractivity contribution < 1.29 is 14.7 Å². The molecule has 1 aromatic rings. The molecule has 116 valence electrons. The molecule has 1 atom stereocenters. The SMILES string of the molecule is Cc1nn(C)c(C)c1C(=O)N1CCCC(CCC(=O)O)C1. The highest BCUT2D eigenvalue weighted by molar-refractivity contribution is 5.96. The highest BCUT2D eigenvalue weighted by Crippen LogP contribution is 2.24. The number of hydrogen-bond acceptors (Lipinski definition) is 3. The van der Waals surface area contributed by atoms with Crippen molar-refractivity contribution in [2.75, 3.05) is 13.1 Å². The van der Waals surface area contributed by atoms with Gasteiger partial charge in [0.05, 0.1) is 11.3 Å². The minimum atomic E-state index is -0.766. The van der Waals surface area contributed by atoms with Crippen molar-refractivity contribution in [1.82, 2.24) is 14.7 Å². The van der Waals surface area contributed by atoms with Gasteiger partial charge in [0.1, 0.15) is 0 Å². The molecule has 0 aliphatic carbocycles. The Kier molecular flexibility index (Phi) is 4.65. The number of amides is 1. The standard InChI is InChI=1S/C15H23N3O3/c1-10-14(11(2)17(3)16-10)15(21)18-8-4-5-12(9-18)6-7-13(19)20/h12H,4-9H2,1-3H3,(H,19,20). The molecule has 1 saturated heterocycles. The molecule has 6 heteroatoms. The smallest absolute Gasteiger partial charge is 0.303 e. The van der Waals surface area contributed by atoms with Gasteiger partial charge in [-0.3, -0.25) is 14.3 Å². The van der Waals surface area contributed by atoms with Crippen LogP contribution in [0.5, 0.6) is 0 Å². The van der Waals surface area contributed by atoms with E-state index in [1.54, 1.807) is 4.68 Å². The summed E-state index contributed by atoms with van der Waals surface area (Å²) in [5.41, 5.74) is 2.33. The number of aliphatic carboxylic acids is 1. The monoisotopic (exact) mass is 293 g/mol. The number of carbonyl (C=O) groups is 2. The third-order valence-corrected chi connectivity index (χ3v) is 4.30. The molecule has 0 saturated carbocycles. The Balaban J connectivity index is 2.07. The van der Waals surface area contributed by atoms with Crippen molar-refractivity contribution in [2.45, 2.75) is 39.5 Å². The number of carbonyl (C=O) groups excluding carboxylic acids is 1. The maximum Gasteiger partial charge on any atom is 0.303 e. The number of aromatic nitrogens is 2. The van der Waals surface area contributed by atoms with E-state index in [0.29, 0.717) is 18.5 Å². The summed E-state index contributed by atoms with van der Waals surface area (Å²) in [4.78, 5) is 25.2. The van der Waals surface area contributed by atoms with E-state index in [1.807, 2.05) is 25.8 Å². The summed E-state index contributed by atoms with van der Waals surface area (Å²) in [6.07, 6.45) is 2.76. The van der Waals surface area contributed by atoms with Crippen molar-refractivity contribution in [1.29, 1.82) is 0 Å². The van der Waals surface area contributed by atoms with E-state index in [-0.39, 0.29) is 18.2 Å². The summed E-state index contributed by atoms with van der Waals surface area (Å²) >= 11 is 0. The molecule has 1 N–H and O–H groups in total. The fraction of sp³-hybridized carbons (Fsp3) is 0.667. The van der Waals surface area contributed by atoms with Crippen LogP contribution >= 0.6 is 0 Å². The first-order valence-electron chi connectivity index (χ1n) is 7.41. The maximum atomic E-state index is 12.7. The summed E-state index contributed by atoms with van der Waals surface area (Å²) < 4.78 is 1.73. The summed E-state index contributed by atoms with van der Waals surface area (Å²) in [5.74, 6) is -0.452. The summed E-state index contributed by atoms with van der Waals surface area (Å²) in [6.45, 7) is 5.15. The number of nitrogens with zero attached hydrogens (tertiary/aromatic N) is 3. The fourth-order valence-electron chi connectivity index (χ4n) is 3.05. The number of carboxylic acids is 1. The molecule has 1 aliphatic heterocycles. The molecule has 0 radical (unpaired) electrons. The van der Waals surface area contributed by atoms with Crippen LogP contribution in [-0.4, -0.2) is 44.8 Å². The van der Waals surface area contributed by atoms with Gasteiger partial charge in [-0.15, -0.1) is 0 Å². The first-order valence-corrected chi connectivity index (χ1v) is 7.41. The number of rotatable bonds is 4. The molecular formula is C15H23N3O3. The van der Waals surface area contributed by atoms with E-state index in [9.17, 15) is 9.59 Å². The first kappa shape index (κ1) is 15.5. The Hall–Kier alpha value is -1.85. The van der Waals surface area contributed by atoms with Crippen molar-refractivity contribution in [3.05, 3.63) is 17.0 Å². The van der Waals surface area contributed by atoms with Crippen LogP contribution in [0.4, 0.5) is 0 Å². The zero-order valence-electron chi connectivity index (χ0n) is 12.9. The lowest BCUT2D eigenvalue weighted by molar-refractivity contribution is -0.137. The van der Waals surface area contributed by atoms with Crippen LogP contribution in [-0.2, 0) is 11.8 Å². The molecule has 0 bridgehead atoms. The van der Waals surface area contributed by atoms with Gasteiger partial charge >= 0.3 is 5.97 Å². The molecule has 1 fully saturated rings. The minimum Gasteiger partial charge on any atom is -0.481 e. The van der Waals surface area contributed by atoms with Gasteiger partial charge in [0.15, 0.2) is 0 Å². The Morgan fingerprint density at radius 1 is 1.38 bits per heavy atom. The third-order valence-electron chi connectivity index (χ3n) is 4.30. The molecule has 1 amide bonds. The van der Waals surface area contributed by atoms with Crippen LogP contribution in [0.2, 0.25) is 0 Å². The number of piperidine rings is 1. The van der Waals surface area contributed by atoms with Crippen LogP contribution in [0.1, 0.15) is 47.4 Å². The topological polar surface area (TPSA) is 75.4 Å². The van der Waals surface area contributed by atoms with Crippen LogP contribution in [0, 0.1) is 19.8 Å². The highest BCUT2D eigenvalue weighted by atomic mass is 16.4. The quantitative estimate of drug-likeness (QED) is 0.917. The van der Waals surface area contributed by atoms with Gasteiger partial charge in [-0.25, -0.2) is 0 Å². The van der Waals surface area contributed by atoms with Gasteiger partial charge in [-0.1, -0.05) is 0 Å². The number of aryl methyl sites for hydroxylation is 2. The Morgan fingerprint density at radius 2 is 2.10 bits per heavy atom. The molecular weight excluding hydrogens is 270 g/mol. The molecule has 1 aliphatic rings. The molecule has 0 aromatic carbocycles. The Labute approximate surface area is 124 Å². The van der Waals surface area contributed by atoms with E-state index in [4.69, 9.17) is 5.11 Å². The van der Waals surface area contributed by atoms with Gasteiger partial charge in [0.25, 0.3) is 5.91 Å². The molecule has 2 rings (SSSR count). The third kappa shape index (κ3) is 3.43. The average molecular weight is 293 g/mol. The van der Waals surface area contributed by atoms with E-state index >= 15 is 0 Å². The van der Waals surface area contributed by atoms with Gasteiger partial charge < -0.3 is 10.0 Å². The van der Waals surface area contributed by atoms with Gasteiger partial charge in [0.2, 0.25) is 0 Å². The zero-order chi connectivity index (χ0) is 15.6. The second kappa shape index (κ2) is 6.28. The van der Waals surface area contributed by atoms with Crippen molar-refractivity contribution in [3.63, 3.8) is 0 Å².